The first-order valence-corrected chi connectivity index (χ1v) is 8.10. The van der Waals surface area contributed by atoms with Gasteiger partial charge in [-0.15, -0.1) is 0 Å². The molecule has 0 aliphatic carbocycles. The van der Waals surface area contributed by atoms with Crippen LogP contribution in [0.15, 0.2) is 18.2 Å². The van der Waals surface area contributed by atoms with Crippen LogP contribution in [0.3, 0.4) is 0 Å². The van der Waals surface area contributed by atoms with E-state index in [1.807, 2.05) is 32.0 Å². The second-order valence-corrected chi connectivity index (χ2v) is 6.62. The third-order valence-electron chi connectivity index (χ3n) is 4.42. The van der Waals surface area contributed by atoms with E-state index >= 15 is 0 Å². The van der Waals surface area contributed by atoms with Crippen LogP contribution in [0.4, 0.5) is 5.69 Å². The van der Waals surface area contributed by atoms with Crippen LogP contribution in [0.2, 0.25) is 0 Å². The molecular formula is C17H26N3O3+. The van der Waals surface area contributed by atoms with Crippen molar-refractivity contribution in [1.82, 2.24) is 0 Å². The molecule has 126 valence electrons. The Morgan fingerprint density at radius 1 is 1.13 bits per heavy atom. The van der Waals surface area contributed by atoms with Gasteiger partial charge in [-0.05, 0) is 37.1 Å². The van der Waals surface area contributed by atoms with Crippen molar-refractivity contribution in [3.8, 4) is 0 Å². The maximum absolute atomic E-state index is 12.2. The van der Waals surface area contributed by atoms with Gasteiger partial charge in [0.1, 0.15) is 32.2 Å². The molecule has 1 fully saturated rings. The van der Waals surface area contributed by atoms with Crippen molar-refractivity contribution in [2.75, 3.05) is 38.5 Å². The highest BCUT2D eigenvalue weighted by atomic mass is 16.4. The summed E-state index contributed by atoms with van der Waals surface area (Å²) in [6.07, 6.45) is -0.0519. The lowest BCUT2D eigenvalue weighted by Crippen LogP contribution is -3.29. The van der Waals surface area contributed by atoms with Crippen molar-refractivity contribution in [2.24, 2.45) is 0 Å². The molecule has 1 aromatic rings. The predicted molar refractivity (Wildman–Crippen MR) is 85.3 cm³/mol. The Balaban J connectivity index is 1.99. The first kappa shape index (κ1) is 17.4. The van der Waals surface area contributed by atoms with Gasteiger partial charge in [0.15, 0.2) is 0 Å². The van der Waals surface area contributed by atoms with Crippen molar-refractivity contribution in [3.05, 3.63) is 29.3 Å². The summed E-state index contributed by atoms with van der Waals surface area (Å²) in [7, 11) is 2.09. The van der Waals surface area contributed by atoms with Crippen LogP contribution in [-0.4, -0.2) is 51.1 Å². The molecule has 1 saturated heterocycles. The maximum Gasteiger partial charge on any atom is 0.230 e. The highest BCUT2D eigenvalue weighted by Gasteiger charge is 2.30. The molecule has 1 heterocycles. The summed E-state index contributed by atoms with van der Waals surface area (Å²) in [6.45, 7) is 7.25. The van der Waals surface area contributed by atoms with E-state index in [9.17, 15) is 14.7 Å². The molecule has 0 spiro atoms. The summed E-state index contributed by atoms with van der Waals surface area (Å²) < 4.78 is 0. The highest BCUT2D eigenvalue weighted by Crippen LogP contribution is 2.14. The zero-order chi connectivity index (χ0) is 17.0. The van der Waals surface area contributed by atoms with Gasteiger partial charge in [-0.2, -0.15) is 0 Å². The molecule has 0 unspecified atom stereocenters. The number of likely N-dealkylation sites (N-methyl/N-ethyl adjacent to an activating group) is 1. The lowest BCUT2D eigenvalue weighted by atomic mass is 10.1. The maximum atomic E-state index is 12.2. The molecule has 6 heteroatoms. The van der Waals surface area contributed by atoms with Gasteiger partial charge in [0.25, 0.3) is 0 Å². The number of hydrogen-bond acceptors (Lipinski definition) is 3. The second kappa shape index (κ2) is 7.57. The zero-order valence-corrected chi connectivity index (χ0v) is 14.1. The third-order valence-corrected chi connectivity index (χ3v) is 4.42. The molecule has 1 atom stereocenters. The van der Waals surface area contributed by atoms with Crippen LogP contribution >= 0.6 is 0 Å². The molecule has 1 aliphatic heterocycles. The van der Waals surface area contributed by atoms with Crippen LogP contribution in [-0.2, 0) is 9.59 Å². The average Bonchev–Trinajstić information content (AvgIpc) is 2.44. The monoisotopic (exact) mass is 320 g/mol. The van der Waals surface area contributed by atoms with Crippen LogP contribution in [0.5, 0.6) is 0 Å². The van der Waals surface area contributed by atoms with E-state index in [0.29, 0.717) is 5.69 Å². The number of piperazine rings is 1. The van der Waals surface area contributed by atoms with Crippen LogP contribution < -0.4 is 20.2 Å². The summed E-state index contributed by atoms with van der Waals surface area (Å²) in [5.41, 5.74) is 2.83. The number of rotatable bonds is 5. The van der Waals surface area contributed by atoms with E-state index in [1.54, 1.807) is 0 Å². The van der Waals surface area contributed by atoms with E-state index in [1.165, 1.54) is 4.90 Å². The van der Waals surface area contributed by atoms with Gasteiger partial charge in [0, 0.05) is 5.69 Å². The Kier molecular flexibility index (Phi) is 5.74. The van der Waals surface area contributed by atoms with Gasteiger partial charge in [-0.3, -0.25) is 4.79 Å². The summed E-state index contributed by atoms with van der Waals surface area (Å²) in [6, 6.07) is 5.00. The Morgan fingerprint density at radius 2 is 1.70 bits per heavy atom. The summed E-state index contributed by atoms with van der Waals surface area (Å²) in [4.78, 5) is 26.0. The number of carbonyl (C=O) groups excluding carboxylic acids is 2. The third kappa shape index (κ3) is 5.04. The Bertz CT molecular complexity index is 560. The van der Waals surface area contributed by atoms with E-state index < -0.39 is 12.0 Å². The van der Waals surface area contributed by atoms with Crippen LogP contribution in [0, 0.1) is 13.8 Å². The number of aliphatic carboxylic acids is 1. The second-order valence-electron chi connectivity index (χ2n) is 6.62. The molecule has 0 aromatic heterocycles. The zero-order valence-electron chi connectivity index (χ0n) is 14.1. The molecule has 1 aromatic carbocycles. The number of nitrogens with one attached hydrogen (secondary N) is 3. The number of carboxylic acids is 1. The molecule has 23 heavy (non-hydrogen) atoms. The smallest absolute Gasteiger partial charge is 0.230 e. The molecule has 0 bridgehead atoms. The molecule has 1 aliphatic rings. The van der Waals surface area contributed by atoms with Gasteiger partial charge in [-0.25, -0.2) is 0 Å². The molecule has 0 saturated carbocycles. The summed E-state index contributed by atoms with van der Waals surface area (Å²) in [5.74, 6) is -1.42. The van der Waals surface area contributed by atoms with Gasteiger partial charge in [0.2, 0.25) is 5.91 Å². The topological polar surface area (TPSA) is 78.1 Å². The fourth-order valence-electron chi connectivity index (χ4n) is 3.18. The molecule has 3 N–H and O–H groups in total. The number of quaternary nitrogens is 2. The van der Waals surface area contributed by atoms with Crippen LogP contribution in [0.1, 0.15) is 17.5 Å². The Hall–Kier alpha value is -1.92. The minimum absolute atomic E-state index is 0.0519. The normalized spacial score (nSPS) is 22.4. The van der Waals surface area contributed by atoms with E-state index in [2.05, 4.69) is 12.4 Å². The number of hydrogen-bond donors (Lipinski definition) is 3. The number of carboxylic acid groups (broad SMARTS) is 1. The molecule has 6 nitrogen and oxygen atoms in total. The van der Waals surface area contributed by atoms with E-state index in [0.717, 1.165) is 42.2 Å². The quantitative estimate of drug-likeness (QED) is 0.547. The van der Waals surface area contributed by atoms with Crippen LogP contribution in [0.25, 0.3) is 0 Å². The number of amides is 1. The van der Waals surface area contributed by atoms with Crippen molar-refractivity contribution >= 4 is 17.6 Å². The number of anilines is 1. The van der Waals surface area contributed by atoms with Crippen molar-refractivity contribution in [3.63, 3.8) is 0 Å². The summed E-state index contributed by atoms with van der Waals surface area (Å²) >= 11 is 0. The van der Waals surface area contributed by atoms with Crippen molar-refractivity contribution in [1.29, 1.82) is 0 Å². The number of carbonyl (C=O) groups is 2. The standard InChI is InChI=1S/C17H25N3O3/c1-12-8-13(2)10-14(9-12)18-16(21)11-15(17(22)23)20-6-4-19(3)5-7-20/h8-10,15H,4-7,11H2,1-3H3,(H,18,21)(H,22,23)/p+1/t15-/m1/s1. The predicted octanol–water partition coefficient (Wildman–Crippen LogP) is -2.84. The molecule has 2 rings (SSSR count). The fraction of sp³-hybridized carbons (Fsp3) is 0.529. The molecular weight excluding hydrogens is 294 g/mol. The van der Waals surface area contributed by atoms with Gasteiger partial charge in [0.05, 0.1) is 19.4 Å². The van der Waals surface area contributed by atoms with Gasteiger partial charge < -0.3 is 25.0 Å². The lowest BCUT2D eigenvalue weighted by Gasteiger charge is -2.33. The Labute approximate surface area is 137 Å². The average molecular weight is 320 g/mol. The minimum Gasteiger partial charge on any atom is -0.544 e. The first-order valence-electron chi connectivity index (χ1n) is 8.10. The highest BCUT2D eigenvalue weighted by molar-refractivity contribution is 5.93. The summed E-state index contributed by atoms with van der Waals surface area (Å²) in [5, 5.41) is 14.3. The number of benzene rings is 1. The fourth-order valence-corrected chi connectivity index (χ4v) is 3.18. The first-order chi connectivity index (χ1) is 10.8. The van der Waals surface area contributed by atoms with Gasteiger partial charge in [-0.1, -0.05) is 6.07 Å². The molecule has 0 radical (unpaired) electrons. The van der Waals surface area contributed by atoms with Crippen molar-refractivity contribution in [2.45, 2.75) is 26.3 Å². The van der Waals surface area contributed by atoms with Gasteiger partial charge >= 0.3 is 0 Å². The number of aryl methyl sites for hydroxylation is 2. The van der Waals surface area contributed by atoms with Crippen molar-refractivity contribution < 1.29 is 24.5 Å². The Morgan fingerprint density at radius 3 is 2.22 bits per heavy atom. The van der Waals surface area contributed by atoms with E-state index in [-0.39, 0.29) is 12.3 Å². The lowest BCUT2D eigenvalue weighted by molar-refractivity contribution is -1.01. The minimum atomic E-state index is -1.14. The molecule has 1 amide bonds. The SMILES string of the molecule is Cc1cc(C)cc(NC(=O)C[C@H](C(=O)[O-])[NH+]2CC[NH+](C)CC2)c1. The largest absolute Gasteiger partial charge is 0.544 e. The van der Waals surface area contributed by atoms with E-state index in [4.69, 9.17) is 0 Å².